The first-order valence-corrected chi connectivity index (χ1v) is 4.80. The van der Waals surface area contributed by atoms with Crippen LogP contribution in [0.1, 0.15) is 16.8 Å². The molecule has 0 aliphatic rings. The van der Waals surface area contributed by atoms with Gasteiger partial charge in [-0.3, -0.25) is 14.3 Å². The first-order chi connectivity index (χ1) is 7.99. The molecular weight excluding hydrogens is 228 g/mol. The summed E-state index contributed by atoms with van der Waals surface area (Å²) in [5.41, 5.74) is 4.91. The van der Waals surface area contributed by atoms with Crippen molar-refractivity contribution in [3.8, 4) is 0 Å². The van der Waals surface area contributed by atoms with Crippen LogP contribution >= 0.6 is 0 Å². The Morgan fingerprint density at radius 1 is 1.47 bits per heavy atom. The lowest BCUT2D eigenvalue weighted by Crippen LogP contribution is -2.33. The molecule has 0 saturated heterocycles. The van der Waals surface area contributed by atoms with Crippen molar-refractivity contribution < 1.29 is 19.5 Å². The summed E-state index contributed by atoms with van der Waals surface area (Å²) >= 11 is 0. The highest BCUT2D eigenvalue weighted by molar-refractivity contribution is 5.86. The number of amides is 2. The fourth-order valence-electron chi connectivity index (χ4n) is 1.09. The molecule has 8 heteroatoms. The van der Waals surface area contributed by atoms with Gasteiger partial charge in [-0.05, 0) is 0 Å². The van der Waals surface area contributed by atoms with Gasteiger partial charge in [-0.2, -0.15) is 5.10 Å². The number of aromatic carboxylic acids is 1. The fourth-order valence-corrected chi connectivity index (χ4v) is 1.09. The zero-order valence-electron chi connectivity index (χ0n) is 8.92. The fraction of sp³-hybridized carbons (Fsp3) is 0.333. The minimum absolute atomic E-state index is 0.0579. The summed E-state index contributed by atoms with van der Waals surface area (Å²) in [5.74, 6) is -2.05. The van der Waals surface area contributed by atoms with Crippen molar-refractivity contribution >= 4 is 17.8 Å². The SMILES string of the molecule is NC(=O)CNC(=O)CCn1cc(C(=O)O)cn1. The minimum atomic E-state index is -1.07. The van der Waals surface area contributed by atoms with Crippen molar-refractivity contribution in [1.29, 1.82) is 0 Å². The van der Waals surface area contributed by atoms with E-state index in [1.807, 2.05) is 0 Å². The molecule has 17 heavy (non-hydrogen) atoms. The second-order valence-electron chi connectivity index (χ2n) is 3.29. The van der Waals surface area contributed by atoms with Gasteiger partial charge in [0.05, 0.1) is 18.3 Å². The normalized spacial score (nSPS) is 9.88. The van der Waals surface area contributed by atoms with Gasteiger partial charge in [0.1, 0.15) is 0 Å². The average molecular weight is 240 g/mol. The number of hydrogen-bond acceptors (Lipinski definition) is 4. The zero-order valence-corrected chi connectivity index (χ0v) is 8.92. The van der Waals surface area contributed by atoms with Crippen LogP contribution in [0.25, 0.3) is 0 Å². The zero-order chi connectivity index (χ0) is 12.8. The highest BCUT2D eigenvalue weighted by atomic mass is 16.4. The third-order valence-corrected chi connectivity index (χ3v) is 1.91. The average Bonchev–Trinajstić information content (AvgIpc) is 2.72. The Balaban J connectivity index is 2.36. The van der Waals surface area contributed by atoms with Crippen LogP contribution < -0.4 is 11.1 Å². The first-order valence-electron chi connectivity index (χ1n) is 4.80. The van der Waals surface area contributed by atoms with Crippen LogP contribution in [0.15, 0.2) is 12.4 Å². The third-order valence-electron chi connectivity index (χ3n) is 1.91. The van der Waals surface area contributed by atoms with Gasteiger partial charge >= 0.3 is 5.97 Å². The van der Waals surface area contributed by atoms with E-state index < -0.39 is 11.9 Å². The van der Waals surface area contributed by atoms with Gasteiger partial charge in [0.15, 0.2) is 0 Å². The predicted molar refractivity (Wildman–Crippen MR) is 56.0 cm³/mol. The summed E-state index contributed by atoms with van der Waals surface area (Å²) in [7, 11) is 0. The van der Waals surface area contributed by atoms with Gasteiger partial charge < -0.3 is 16.2 Å². The molecule has 0 aliphatic carbocycles. The van der Waals surface area contributed by atoms with Crippen molar-refractivity contribution in [2.45, 2.75) is 13.0 Å². The lowest BCUT2D eigenvalue weighted by molar-refractivity contribution is -0.125. The number of primary amides is 1. The van der Waals surface area contributed by atoms with Gasteiger partial charge in [-0.1, -0.05) is 0 Å². The van der Waals surface area contributed by atoms with E-state index in [1.165, 1.54) is 17.1 Å². The molecule has 0 spiro atoms. The quantitative estimate of drug-likeness (QED) is 0.561. The van der Waals surface area contributed by atoms with Gasteiger partial charge in [-0.25, -0.2) is 4.79 Å². The molecule has 1 heterocycles. The van der Waals surface area contributed by atoms with Crippen LogP contribution in [0, 0.1) is 0 Å². The van der Waals surface area contributed by atoms with E-state index in [0.717, 1.165) is 0 Å². The van der Waals surface area contributed by atoms with Crippen LogP contribution in [0.2, 0.25) is 0 Å². The number of nitrogens with one attached hydrogen (secondary N) is 1. The van der Waals surface area contributed by atoms with Crippen LogP contribution in [-0.4, -0.2) is 39.2 Å². The number of nitrogens with zero attached hydrogens (tertiary/aromatic N) is 2. The topological polar surface area (TPSA) is 127 Å². The van der Waals surface area contributed by atoms with E-state index in [4.69, 9.17) is 10.8 Å². The van der Waals surface area contributed by atoms with Crippen molar-refractivity contribution in [2.75, 3.05) is 6.54 Å². The second kappa shape index (κ2) is 5.64. The molecule has 0 atom stereocenters. The van der Waals surface area contributed by atoms with Gasteiger partial charge in [0.25, 0.3) is 0 Å². The number of nitrogens with two attached hydrogens (primary N) is 1. The Morgan fingerprint density at radius 3 is 2.71 bits per heavy atom. The summed E-state index contributed by atoms with van der Waals surface area (Å²) in [6, 6.07) is 0. The molecule has 8 nitrogen and oxygen atoms in total. The van der Waals surface area contributed by atoms with Crippen molar-refractivity contribution in [2.24, 2.45) is 5.73 Å². The molecule has 0 aromatic carbocycles. The Hall–Kier alpha value is -2.38. The summed E-state index contributed by atoms with van der Waals surface area (Å²) in [6.07, 6.45) is 2.61. The molecule has 0 unspecified atom stereocenters. The Labute approximate surface area is 96.4 Å². The maximum Gasteiger partial charge on any atom is 0.338 e. The van der Waals surface area contributed by atoms with E-state index in [2.05, 4.69) is 10.4 Å². The molecule has 4 N–H and O–H groups in total. The standard InChI is InChI=1S/C9H12N4O4/c10-7(14)4-11-8(15)1-2-13-5-6(3-12-13)9(16)17/h3,5H,1-2,4H2,(H2,10,14)(H,11,15)(H,16,17). The number of carbonyl (C=O) groups excluding carboxylic acids is 2. The second-order valence-corrected chi connectivity index (χ2v) is 3.29. The maximum absolute atomic E-state index is 11.2. The molecule has 1 aromatic heterocycles. The molecule has 0 radical (unpaired) electrons. The number of hydrogen-bond donors (Lipinski definition) is 3. The number of carboxylic acid groups (broad SMARTS) is 1. The number of carboxylic acids is 1. The molecule has 2 amide bonds. The molecule has 1 rings (SSSR count). The molecule has 92 valence electrons. The highest BCUT2D eigenvalue weighted by Crippen LogP contribution is 1.98. The molecule has 0 fully saturated rings. The lowest BCUT2D eigenvalue weighted by Gasteiger charge is -2.02. The molecule has 1 aromatic rings. The van der Waals surface area contributed by atoms with Crippen molar-refractivity contribution in [1.82, 2.24) is 15.1 Å². The van der Waals surface area contributed by atoms with Gasteiger partial charge in [0, 0.05) is 19.2 Å². The number of aryl methyl sites for hydroxylation is 1. The number of aromatic nitrogens is 2. The molecular formula is C9H12N4O4. The largest absolute Gasteiger partial charge is 0.478 e. The predicted octanol–water partition coefficient (Wildman–Crippen LogP) is -1.43. The number of rotatable bonds is 6. The first kappa shape index (κ1) is 12.7. The van der Waals surface area contributed by atoms with Crippen LogP contribution in [-0.2, 0) is 16.1 Å². The molecule has 0 bridgehead atoms. The smallest absolute Gasteiger partial charge is 0.338 e. The third kappa shape index (κ3) is 4.33. The van der Waals surface area contributed by atoms with Gasteiger partial charge in [-0.15, -0.1) is 0 Å². The van der Waals surface area contributed by atoms with Crippen molar-refractivity contribution in [3.05, 3.63) is 18.0 Å². The summed E-state index contributed by atoms with van der Waals surface area (Å²) in [5, 5.41) is 14.7. The van der Waals surface area contributed by atoms with E-state index >= 15 is 0 Å². The summed E-state index contributed by atoms with van der Waals surface area (Å²) in [6.45, 7) is 0.0240. The number of carbonyl (C=O) groups is 3. The van der Waals surface area contributed by atoms with E-state index in [0.29, 0.717) is 0 Å². The van der Waals surface area contributed by atoms with Crippen molar-refractivity contribution in [3.63, 3.8) is 0 Å². The van der Waals surface area contributed by atoms with Crippen LogP contribution in [0.4, 0.5) is 0 Å². The molecule has 0 aliphatic heterocycles. The molecule has 0 saturated carbocycles. The Bertz CT molecular complexity index is 440. The minimum Gasteiger partial charge on any atom is -0.478 e. The maximum atomic E-state index is 11.2. The highest BCUT2D eigenvalue weighted by Gasteiger charge is 2.07. The van der Waals surface area contributed by atoms with Crippen LogP contribution in [0.5, 0.6) is 0 Å². The Kier molecular flexibility index (Phi) is 4.21. The Morgan fingerprint density at radius 2 is 2.18 bits per heavy atom. The van der Waals surface area contributed by atoms with Gasteiger partial charge in [0.2, 0.25) is 11.8 Å². The van der Waals surface area contributed by atoms with E-state index in [1.54, 1.807) is 0 Å². The van der Waals surface area contributed by atoms with Crippen LogP contribution in [0.3, 0.4) is 0 Å². The monoisotopic (exact) mass is 240 g/mol. The summed E-state index contributed by atoms with van der Waals surface area (Å²) in [4.78, 5) is 32.1. The van der Waals surface area contributed by atoms with E-state index in [9.17, 15) is 14.4 Å². The summed E-state index contributed by atoms with van der Waals surface area (Å²) < 4.78 is 1.34. The lowest BCUT2D eigenvalue weighted by atomic mass is 10.3. The van der Waals surface area contributed by atoms with E-state index in [-0.39, 0.29) is 31.0 Å².